The summed E-state index contributed by atoms with van der Waals surface area (Å²) in [5, 5.41) is 9.24. The molecule has 6 heteroatoms. The summed E-state index contributed by atoms with van der Waals surface area (Å²) < 4.78 is 5.32. The predicted molar refractivity (Wildman–Crippen MR) is 70.8 cm³/mol. The van der Waals surface area contributed by atoms with Gasteiger partial charge in [-0.05, 0) is 0 Å². The van der Waals surface area contributed by atoms with Crippen LogP contribution < -0.4 is 10.6 Å². The van der Waals surface area contributed by atoms with Crippen molar-refractivity contribution in [1.29, 1.82) is 0 Å². The highest BCUT2D eigenvalue weighted by Gasteiger charge is 2.17. The Bertz CT molecular complexity index is 363. The van der Waals surface area contributed by atoms with Gasteiger partial charge in [0.05, 0.1) is 18.2 Å². The van der Waals surface area contributed by atoms with Crippen LogP contribution in [0.5, 0.6) is 0 Å². The highest BCUT2D eigenvalue weighted by molar-refractivity contribution is 7.09. The molecule has 0 aliphatic carbocycles. The molecule has 1 amide bonds. The molecule has 1 saturated heterocycles. The van der Waals surface area contributed by atoms with Gasteiger partial charge in [0.25, 0.3) is 0 Å². The van der Waals surface area contributed by atoms with Crippen molar-refractivity contribution in [1.82, 2.24) is 15.6 Å². The molecule has 0 radical (unpaired) electrons. The van der Waals surface area contributed by atoms with Gasteiger partial charge in [0, 0.05) is 43.0 Å². The molecule has 1 fully saturated rings. The van der Waals surface area contributed by atoms with Crippen molar-refractivity contribution < 1.29 is 9.53 Å². The Morgan fingerprint density at radius 2 is 2.67 bits per heavy atom. The third-order valence-electron chi connectivity index (χ3n) is 2.91. The van der Waals surface area contributed by atoms with Crippen LogP contribution in [-0.2, 0) is 9.53 Å². The third kappa shape index (κ3) is 4.04. The van der Waals surface area contributed by atoms with Crippen LogP contribution in [0, 0.1) is 0 Å². The minimum atomic E-state index is 0.0707. The molecule has 1 aromatic rings. The normalized spacial score (nSPS) is 21.5. The zero-order valence-corrected chi connectivity index (χ0v) is 11.3. The summed E-state index contributed by atoms with van der Waals surface area (Å²) in [4.78, 5) is 16.0. The number of ether oxygens (including phenoxy) is 1. The number of nitrogens with zero attached hydrogens (tertiary/aromatic N) is 1. The Kier molecular flexibility index (Phi) is 5.10. The molecule has 1 aliphatic heterocycles. The van der Waals surface area contributed by atoms with Crippen LogP contribution in [-0.4, -0.2) is 43.2 Å². The van der Waals surface area contributed by atoms with E-state index in [-0.39, 0.29) is 17.9 Å². The van der Waals surface area contributed by atoms with Gasteiger partial charge in [-0.2, -0.15) is 0 Å². The predicted octanol–water partition coefficient (Wildman–Crippen LogP) is 0.741. The van der Waals surface area contributed by atoms with E-state index in [1.54, 1.807) is 17.5 Å². The first kappa shape index (κ1) is 13.5. The number of amides is 1. The van der Waals surface area contributed by atoms with E-state index in [4.69, 9.17) is 4.74 Å². The monoisotopic (exact) mass is 269 g/mol. The van der Waals surface area contributed by atoms with E-state index in [0.29, 0.717) is 19.6 Å². The molecule has 2 atom stereocenters. The summed E-state index contributed by atoms with van der Waals surface area (Å²) >= 11 is 1.62. The van der Waals surface area contributed by atoms with Crippen LogP contribution in [0.25, 0.3) is 0 Å². The van der Waals surface area contributed by atoms with Crippen LogP contribution in [0.3, 0.4) is 0 Å². The number of hydrogen-bond donors (Lipinski definition) is 2. The van der Waals surface area contributed by atoms with Crippen LogP contribution in [0.4, 0.5) is 0 Å². The van der Waals surface area contributed by atoms with Crippen LogP contribution >= 0.6 is 11.3 Å². The van der Waals surface area contributed by atoms with E-state index in [9.17, 15) is 4.79 Å². The molecule has 2 rings (SSSR count). The molecule has 2 N–H and O–H groups in total. The van der Waals surface area contributed by atoms with Gasteiger partial charge < -0.3 is 15.4 Å². The van der Waals surface area contributed by atoms with Gasteiger partial charge in [-0.1, -0.05) is 6.92 Å². The highest BCUT2D eigenvalue weighted by atomic mass is 32.1. The van der Waals surface area contributed by atoms with Crippen LogP contribution in [0.2, 0.25) is 0 Å². The molecule has 18 heavy (non-hydrogen) atoms. The Morgan fingerprint density at radius 3 is 3.33 bits per heavy atom. The fraction of sp³-hybridized carbons (Fsp3) is 0.667. The largest absolute Gasteiger partial charge is 0.378 e. The van der Waals surface area contributed by atoms with Crippen LogP contribution in [0.1, 0.15) is 24.3 Å². The van der Waals surface area contributed by atoms with Gasteiger partial charge in [0.15, 0.2) is 0 Å². The number of nitrogens with one attached hydrogen (secondary N) is 2. The Balaban J connectivity index is 1.68. The number of carbonyl (C=O) groups is 1. The molecule has 2 heterocycles. The molecule has 1 aromatic heterocycles. The number of aromatic nitrogens is 1. The molecule has 0 aromatic carbocycles. The lowest BCUT2D eigenvalue weighted by molar-refractivity contribution is -0.122. The standard InChI is InChI=1S/C12H19N3O2S/c1-9(12-14-3-5-18-12)7-15-11(16)6-10-8-17-4-2-13-10/h3,5,9-10,13H,2,4,6-8H2,1H3,(H,15,16). The lowest BCUT2D eigenvalue weighted by atomic mass is 10.1. The second-order valence-electron chi connectivity index (χ2n) is 4.51. The molecular formula is C12H19N3O2S. The highest BCUT2D eigenvalue weighted by Crippen LogP contribution is 2.16. The maximum atomic E-state index is 11.8. The molecule has 2 unspecified atom stereocenters. The number of rotatable bonds is 5. The average Bonchev–Trinajstić information content (AvgIpc) is 2.91. The first-order valence-corrected chi connectivity index (χ1v) is 7.11. The summed E-state index contributed by atoms with van der Waals surface area (Å²) in [6.45, 7) is 4.89. The van der Waals surface area contributed by atoms with Crippen molar-refractivity contribution in [3.63, 3.8) is 0 Å². The van der Waals surface area contributed by atoms with Crippen molar-refractivity contribution in [2.75, 3.05) is 26.3 Å². The molecule has 1 aliphatic rings. The third-order valence-corrected chi connectivity index (χ3v) is 3.92. The summed E-state index contributed by atoms with van der Waals surface area (Å²) in [7, 11) is 0. The zero-order valence-electron chi connectivity index (χ0n) is 10.5. The second-order valence-corrected chi connectivity index (χ2v) is 5.43. The van der Waals surface area contributed by atoms with Crippen molar-refractivity contribution in [2.24, 2.45) is 0 Å². The Labute approximate surface area is 111 Å². The van der Waals surface area contributed by atoms with Gasteiger partial charge in [-0.3, -0.25) is 4.79 Å². The minimum Gasteiger partial charge on any atom is -0.378 e. The summed E-state index contributed by atoms with van der Waals surface area (Å²) in [5.41, 5.74) is 0. The van der Waals surface area contributed by atoms with E-state index in [1.165, 1.54) is 0 Å². The number of thiazole rings is 1. The van der Waals surface area contributed by atoms with E-state index in [0.717, 1.165) is 18.2 Å². The zero-order chi connectivity index (χ0) is 12.8. The molecule has 100 valence electrons. The van der Waals surface area contributed by atoms with Crippen molar-refractivity contribution in [3.8, 4) is 0 Å². The first-order valence-electron chi connectivity index (χ1n) is 6.23. The Hall–Kier alpha value is -0.980. The lowest BCUT2D eigenvalue weighted by Gasteiger charge is -2.23. The van der Waals surface area contributed by atoms with E-state index < -0.39 is 0 Å². The summed E-state index contributed by atoms with van der Waals surface area (Å²) in [6.07, 6.45) is 2.27. The summed E-state index contributed by atoms with van der Waals surface area (Å²) in [6, 6.07) is 0.147. The van der Waals surface area contributed by atoms with Crippen molar-refractivity contribution in [3.05, 3.63) is 16.6 Å². The molecule has 0 saturated carbocycles. The van der Waals surface area contributed by atoms with E-state index in [1.807, 2.05) is 5.38 Å². The van der Waals surface area contributed by atoms with Gasteiger partial charge >= 0.3 is 0 Å². The molecule has 5 nitrogen and oxygen atoms in total. The maximum Gasteiger partial charge on any atom is 0.221 e. The maximum absolute atomic E-state index is 11.8. The average molecular weight is 269 g/mol. The smallest absolute Gasteiger partial charge is 0.221 e. The Morgan fingerprint density at radius 1 is 1.78 bits per heavy atom. The van der Waals surface area contributed by atoms with Crippen molar-refractivity contribution >= 4 is 17.2 Å². The lowest BCUT2D eigenvalue weighted by Crippen LogP contribution is -2.44. The SMILES string of the molecule is CC(CNC(=O)CC1COCCN1)c1nccs1. The first-order chi connectivity index (χ1) is 8.75. The molecular weight excluding hydrogens is 250 g/mol. The van der Waals surface area contributed by atoms with E-state index >= 15 is 0 Å². The van der Waals surface area contributed by atoms with Gasteiger partial charge in [-0.15, -0.1) is 11.3 Å². The second kappa shape index (κ2) is 6.82. The summed E-state index contributed by atoms with van der Waals surface area (Å²) in [5.74, 6) is 0.339. The van der Waals surface area contributed by atoms with Crippen molar-refractivity contribution in [2.45, 2.75) is 25.3 Å². The molecule has 0 spiro atoms. The van der Waals surface area contributed by atoms with Crippen LogP contribution in [0.15, 0.2) is 11.6 Å². The van der Waals surface area contributed by atoms with Gasteiger partial charge in [0.2, 0.25) is 5.91 Å². The quantitative estimate of drug-likeness (QED) is 0.827. The van der Waals surface area contributed by atoms with Gasteiger partial charge in [-0.25, -0.2) is 4.98 Å². The molecule has 0 bridgehead atoms. The fourth-order valence-corrected chi connectivity index (χ4v) is 2.58. The van der Waals surface area contributed by atoms with Gasteiger partial charge in [0.1, 0.15) is 0 Å². The number of carbonyl (C=O) groups excluding carboxylic acids is 1. The number of morpholine rings is 1. The van der Waals surface area contributed by atoms with E-state index in [2.05, 4.69) is 22.5 Å². The topological polar surface area (TPSA) is 63.2 Å². The number of hydrogen-bond acceptors (Lipinski definition) is 5. The minimum absolute atomic E-state index is 0.0707. The fourth-order valence-electron chi connectivity index (χ4n) is 1.88.